The maximum Gasteiger partial charge on any atom is 0.263 e. The van der Waals surface area contributed by atoms with Gasteiger partial charge < -0.3 is 9.74 Å². The zero-order valence-electron chi connectivity index (χ0n) is 12.7. The van der Waals surface area contributed by atoms with E-state index in [1.165, 1.54) is 0 Å². The lowest BCUT2D eigenvalue weighted by Gasteiger charge is -2.25. The minimum atomic E-state index is -0.00395. The molecule has 20 heavy (non-hydrogen) atoms. The SMILES string of the molecule is CC(C)CN(CC(C)C)C(=O)CON=Cc1cccs1. The molecule has 0 fully saturated rings. The molecule has 0 N–H and O–H groups in total. The topological polar surface area (TPSA) is 41.9 Å². The van der Waals surface area contributed by atoms with Crippen LogP contribution in [0.5, 0.6) is 0 Å². The average Bonchev–Trinajstić information content (AvgIpc) is 2.85. The molecule has 0 atom stereocenters. The van der Waals surface area contributed by atoms with Crippen molar-refractivity contribution in [3.05, 3.63) is 22.4 Å². The van der Waals surface area contributed by atoms with Gasteiger partial charge in [-0.15, -0.1) is 11.3 Å². The van der Waals surface area contributed by atoms with E-state index in [1.807, 2.05) is 22.4 Å². The van der Waals surface area contributed by atoms with Gasteiger partial charge in [0.15, 0.2) is 6.61 Å². The second-order valence-corrected chi connectivity index (χ2v) is 6.59. The number of carbonyl (C=O) groups excluding carboxylic acids is 1. The third kappa shape index (κ3) is 6.70. The molecule has 5 heteroatoms. The van der Waals surface area contributed by atoms with Gasteiger partial charge in [0.2, 0.25) is 0 Å². The van der Waals surface area contributed by atoms with E-state index >= 15 is 0 Å². The normalized spacial score (nSPS) is 11.5. The second kappa shape index (κ2) is 8.74. The standard InChI is InChI=1S/C15H24N2O2S/c1-12(2)9-17(10-13(3)4)15(18)11-19-16-8-14-6-5-7-20-14/h5-8,12-13H,9-11H2,1-4H3. The van der Waals surface area contributed by atoms with E-state index < -0.39 is 0 Å². The zero-order chi connectivity index (χ0) is 15.0. The number of carbonyl (C=O) groups is 1. The Morgan fingerprint density at radius 3 is 2.50 bits per heavy atom. The van der Waals surface area contributed by atoms with E-state index in [0.29, 0.717) is 11.8 Å². The summed E-state index contributed by atoms with van der Waals surface area (Å²) in [6.07, 6.45) is 1.63. The zero-order valence-corrected chi connectivity index (χ0v) is 13.5. The van der Waals surface area contributed by atoms with Crippen LogP contribution in [0, 0.1) is 11.8 Å². The maximum absolute atomic E-state index is 12.1. The van der Waals surface area contributed by atoms with E-state index in [2.05, 4.69) is 32.9 Å². The first-order chi connectivity index (χ1) is 9.49. The smallest absolute Gasteiger partial charge is 0.263 e. The van der Waals surface area contributed by atoms with E-state index in [0.717, 1.165) is 18.0 Å². The van der Waals surface area contributed by atoms with Gasteiger partial charge in [0.1, 0.15) is 0 Å². The van der Waals surface area contributed by atoms with Crippen molar-refractivity contribution in [2.24, 2.45) is 17.0 Å². The lowest BCUT2D eigenvalue weighted by atomic mass is 10.1. The summed E-state index contributed by atoms with van der Waals surface area (Å²) in [5.41, 5.74) is 0. The third-order valence-corrected chi connectivity index (χ3v) is 3.32. The van der Waals surface area contributed by atoms with Crippen LogP contribution < -0.4 is 0 Å². The molecule has 112 valence electrons. The maximum atomic E-state index is 12.1. The van der Waals surface area contributed by atoms with Gasteiger partial charge >= 0.3 is 0 Å². The van der Waals surface area contributed by atoms with Crippen LogP contribution >= 0.6 is 11.3 Å². The largest absolute Gasteiger partial charge is 0.386 e. The summed E-state index contributed by atoms with van der Waals surface area (Å²) in [5.74, 6) is 0.898. The first kappa shape index (κ1) is 16.7. The molecule has 0 radical (unpaired) electrons. The van der Waals surface area contributed by atoms with Gasteiger partial charge in [-0.2, -0.15) is 0 Å². The van der Waals surface area contributed by atoms with E-state index in [-0.39, 0.29) is 12.5 Å². The predicted molar refractivity (Wildman–Crippen MR) is 84.1 cm³/mol. The highest BCUT2D eigenvalue weighted by Crippen LogP contribution is 2.06. The van der Waals surface area contributed by atoms with E-state index in [9.17, 15) is 4.79 Å². The molecule has 0 unspecified atom stereocenters. The quantitative estimate of drug-likeness (QED) is 0.546. The van der Waals surface area contributed by atoms with Crippen molar-refractivity contribution in [1.82, 2.24) is 4.90 Å². The van der Waals surface area contributed by atoms with Gasteiger partial charge in [-0.25, -0.2) is 0 Å². The Hall–Kier alpha value is -1.36. The van der Waals surface area contributed by atoms with Crippen molar-refractivity contribution >= 4 is 23.5 Å². The van der Waals surface area contributed by atoms with Gasteiger partial charge in [0, 0.05) is 18.0 Å². The highest BCUT2D eigenvalue weighted by molar-refractivity contribution is 7.11. The van der Waals surface area contributed by atoms with Crippen molar-refractivity contribution in [3.8, 4) is 0 Å². The number of hydrogen-bond donors (Lipinski definition) is 0. The van der Waals surface area contributed by atoms with Gasteiger partial charge in [0.25, 0.3) is 5.91 Å². The highest BCUT2D eigenvalue weighted by atomic mass is 32.1. The molecule has 1 rings (SSSR count). The molecule has 0 saturated carbocycles. The molecule has 1 aromatic rings. The van der Waals surface area contributed by atoms with Crippen molar-refractivity contribution in [2.45, 2.75) is 27.7 Å². The second-order valence-electron chi connectivity index (χ2n) is 5.61. The van der Waals surface area contributed by atoms with E-state index in [4.69, 9.17) is 4.84 Å². The summed E-state index contributed by atoms with van der Waals surface area (Å²) in [6, 6.07) is 3.90. The number of amides is 1. The Labute approximate surface area is 125 Å². The van der Waals surface area contributed by atoms with Crippen LogP contribution in [0.2, 0.25) is 0 Å². The van der Waals surface area contributed by atoms with Gasteiger partial charge in [-0.05, 0) is 23.3 Å². The fourth-order valence-electron chi connectivity index (χ4n) is 1.80. The van der Waals surface area contributed by atoms with Crippen LogP contribution in [0.25, 0.3) is 0 Å². The first-order valence-electron chi connectivity index (χ1n) is 6.95. The van der Waals surface area contributed by atoms with Crippen molar-refractivity contribution in [2.75, 3.05) is 19.7 Å². The Bertz CT molecular complexity index is 404. The number of nitrogens with zero attached hydrogens (tertiary/aromatic N) is 2. The van der Waals surface area contributed by atoms with Crippen LogP contribution in [0.3, 0.4) is 0 Å². The molecule has 1 heterocycles. The number of oxime groups is 1. The van der Waals surface area contributed by atoms with Crippen molar-refractivity contribution < 1.29 is 9.63 Å². The Balaban J connectivity index is 2.40. The predicted octanol–water partition coefficient (Wildman–Crippen LogP) is 3.24. The molecule has 4 nitrogen and oxygen atoms in total. The van der Waals surface area contributed by atoms with Gasteiger partial charge in [-0.1, -0.05) is 38.9 Å². The molecule has 1 aromatic heterocycles. The minimum Gasteiger partial charge on any atom is -0.386 e. The summed E-state index contributed by atoms with van der Waals surface area (Å²) in [4.78, 5) is 20.1. The molecule has 1 amide bonds. The van der Waals surface area contributed by atoms with Crippen LogP contribution in [0.4, 0.5) is 0 Å². The Kier molecular flexibility index (Phi) is 7.30. The van der Waals surface area contributed by atoms with Gasteiger partial charge in [-0.3, -0.25) is 4.79 Å². The summed E-state index contributed by atoms with van der Waals surface area (Å²) in [6.45, 7) is 9.95. The highest BCUT2D eigenvalue weighted by Gasteiger charge is 2.16. The molecule has 0 aliphatic carbocycles. The lowest BCUT2D eigenvalue weighted by molar-refractivity contribution is -0.137. The molecule has 0 aliphatic heterocycles. The number of thiophene rings is 1. The van der Waals surface area contributed by atoms with Gasteiger partial charge in [0.05, 0.1) is 6.21 Å². The average molecular weight is 296 g/mol. The minimum absolute atomic E-state index is 0.00130. The van der Waals surface area contributed by atoms with Crippen molar-refractivity contribution in [1.29, 1.82) is 0 Å². The Morgan fingerprint density at radius 1 is 1.35 bits per heavy atom. The van der Waals surface area contributed by atoms with Crippen LogP contribution in [0.15, 0.2) is 22.7 Å². The first-order valence-corrected chi connectivity index (χ1v) is 7.83. The molecular weight excluding hydrogens is 272 g/mol. The molecule has 0 bridgehead atoms. The lowest BCUT2D eigenvalue weighted by Crippen LogP contribution is -2.39. The summed E-state index contributed by atoms with van der Waals surface area (Å²) < 4.78 is 0. The molecule has 0 aromatic carbocycles. The fourth-order valence-corrected chi connectivity index (χ4v) is 2.37. The fraction of sp³-hybridized carbons (Fsp3) is 0.600. The summed E-state index contributed by atoms with van der Waals surface area (Å²) in [7, 11) is 0. The number of rotatable bonds is 8. The van der Waals surface area contributed by atoms with Crippen LogP contribution in [-0.4, -0.2) is 36.7 Å². The third-order valence-electron chi connectivity index (χ3n) is 2.51. The molecule has 0 saturated heterocycles. The summed E-state index contributed by atoms with van der Waals surface area (Å²) >= 11 is 1.58. The molecule has 0 aliphatic rings. The van der Waals surface area contributed by atoms with Crippen LogP contribution in [-0.2, 0) is 9.63 Å². The van der Waals surface area contributed by atoms with Crippen molar-refractivity contribution in [3.63, 3.8) is 0 Å². The summed E-state index contributed by atoms with van der Waals surface area (Å²) in [5, 5.41) is 5.80. The monoisotopic (exact) mass is 296 g/mol. The van der Waals surface area contributed by atoms with Crippen LogP contribution in [0.1, 0.15) is 32.6 Å². The molecular formula is C15H24N2O2S. The molecule has 0 spiro atoms. The van der Waals surface area contributed by atoms with E-state index in [1.54, 1.807) is 17.6 Å². The Morgan fingerprint density at radius 2 is 2.00 bits per heavy atom. The number of hydrogen-bond acceptors (Lipinski definition) is 4.